The molecule has 3 N–H and O–H groups in total. The van der Waals surface area contributed by atoms with Gasteiger partial charge in [-0.25, -0.2) is 0 Å². The Bertz CT molecular complexity index is 365. The number of hydrogen-bond acceptors (Lipinski definition) is 4. The molecule has 1 heterocycles. The van der Waals surface area contributed by atoms with Gasteiger partial charge in [0.1, 0.15) is 5.69 Å². The molecule has 1 aromatic rings. The molecule has 88 valence electrons. The first-order chi connectivity index (χ1) is 7.54. The van der Waals surface area contributed by atoms with Crippen LogP contribution >= 0.6 is 0 Å². The van der Waals surface area contributed by atoms with E-state index in [1.807, 2.05) is 0 Å². The number of amides is 1. The number of nitrogens with zero attached hydrogens (tertiary/aromatic N) is 2. The van der Waals surface area contributed by atoms with Crippen LogP contribution in [0.1, 0.15) is 24.3 Å². The first-order valence-corrected chi connectivity index (χ1v) is 5.22. The average molecular weight is 222 g/mol. The lowest BCUT2D eigenvalue weighted by Crippen LogP contribution is -2.30. The Kier molecular flexibility index (Phi) is 4.25. The fourth-order valence-electron chi connectivity index (χ4n) is 1.46. The summed E-state index contributed by atoms with van der Waals surface area (Å²) in [5.41, 5.74) is 3.57. The van der Waals surface area contributed by atoms with Crippen molar-refractivity contribution in [3.05, 3.63) is 24.0 Å². The zero-order chi connectivity index (χ0) is 12.1. The van der Waals surface area contributed by atoms with Gasteiger partial charge in [-0.05, 0) is 18.1 Å². The van der Waals surface area contributed by atoms with E-state index in [0.29, 0.717) is 23.8 Å². The minimum atomic E-state index is -0.0919. The van der Waals surface area contributed by atoms with Gasteiger partial charge in [-0.1, -0.05) is 13.8 Å². The number of carbonyl (C=O) groups is 1. The van der Waals surface area contributed by atoms with Crippen molar-refractivity contribution < 1.29 is 4.79 Å². The largest absolute Gasteiger partial charge is 0.340 e. The zero-order valence-corrected chi connectivity index (χ0v) is 9.90. The van der Waals surface area contributed by atoms with E-state index in [0.717, 1.165) is 0 Å². The lowest BCUT2D eigenvalue weighted by molar-refractivity contribution is 0.0773. The minimum absolute atomic E-state index is 0.0919. The number of pyridine rings is 1. The molecule has 0 bridgehead atoms. The maximum Gasteiger partial charge on any atom is 0.272 e. The summed E-state index contributed by atoms with van der Waals surface area (Å²) in [5.74, 6) is 5.62. The SMILES string of the molecule is CC(C)CN(C)C(=O)c1cc(NN)ccn1. The summed E-state index contributed by atoms with van der Waals surface area (Å²) in [7, 11) is 1.77. The molecule has 0 radical (unpaired) electrons. The maximum absolute atomic E-state index is 11.9. The molecule has 0 spiro atoms. The van der Waals surface area contributed by atoms with Crippen molar-refractivity contribution >= 4 is 11.6 Å². The van der Waals surface area contributed by atoms with Crippen LogP contribution < -0.4 is 11.3 Å². The fraction of sp³-hybridized carbons (Fsp3) is 0.455. The van der Waals surface area contributed by atoms with Gasteiger partial charge in [0.25, 0.3) is 5.91 Å². The van der Waals surface area contributed by atoms with Gasteiger partial charge >= 0.3 is 0 Å². The number of hydrazine groups is 1. The molecule has 0 aliphatic carbocycles. The first kappa shape index (κ1) is 12.4. The Morgan fingerprint density at radius 2 is 2.31 bits per heavy atom. The van der Waals surface area contributed by atoms with E-state index >= 15 is 0 Å². The second-order valence-electron chi connectivity index (χ2n) is 4.15. The Morgan fingerprint density at radius 1 is 1.62 bits per heavy atom. The van der Waals surface area contributed by atoms with Crippen molar-refractivity contribution in [3.8, 4) is 0 Å². The number of nitrogens with two attached hydrogens (primary N) is 1. The predicted molar refractivity (Wildman–Crippen MR) is 63.8 cm³/mol. The predicted octanol–water partition coefficient (Wildman–Crippen LogP) is 1.10. The van der Waals surface area contributed by atoms with Gasteiger partial charge in [0, 0.05) is 19.8 Å². The summed E-state index contributed by atoms with van der Waals surface area (Å²) in [6, 6.07) is 3.35. The number of anilines is 1. The van der Waals surface area contributed by atoms with E-state index in [1.165, 1.54) is 0 Å². The quantitative estimate of drug-likeness (QED) is 0.591. The number of nitrogen functional groups attached to an aromatic ring is 1. The third-order valence-corrected chi connectivity index (χ3v) is 2.13. The van der Waals surface area contributed by atoms with Crippen molar-refractivity contribution in [1.82, 2.24) is 9.88 Å². The Balaban J connectivity index is 2.79. The van der Waals surface area contributed by atoms with Crippen LogP contribution in [0.2, 0.25) is 0 Å². The highest BCUT2D eigenvalue weighted by Crippen LogP contribution is 2.09. The molecular weight excluding hydrogens is 204 g/mol. The molecule has 0 saturated heterocycles. The van der Waals surface area contributed by atoms with E-state index in [9.17, 15) is 4.79 Å². The van der Waals surface area contributed by atoms with Gasteiger partial charge in [0.05, 0.1) is 5.69 Å². The van der Waals surface area contributed by atoms with Gasteiger partial charge in [-0.15, -0.1) is 0 Å². The molecule has 16 heavy (non-hydrogen) atoms. The zero-order valence-electron chi connectivity index (χ0n) is 9.90. The molecule has 0 aromatic carbocycles. The summed E-state index contributed by atoms with van der Waals surface area (Å²) in [6.07, 6.45) is 1.56. The monoisotopic (exact) mass is 222 g/mol. The first-order valence-electron chi connectivity index (χ1n) is 5.22. The Morgan fingerprint density at radius 3 is 2.88 bits per heavy atom. The molecule has 0 fully saturated rings. The van der Waals surface area contributed by atoms with Gasteiger partial charge in [0.15, 0.2) is 0 Å². The summed E-state index contributed by atoms with van der Waals surface area (Å²) in [5, 5.41) is 0. The van der Waals surface area contributed by atoms with E-state index in [1.54, 1.807) is 30.3 Å². The third-order valence-electron chi connectivity index (χ3n) is 2.13. The summed E-state index contributed by atoms with van der Waals surface area (Å²) in [6.45, 7) is 4.84. The molecule has 0 unspecified atom stereocenters. The van der Waals surface area contributed by atoms with Crippen molar-refractivity contribution in [2.75, 3.05) is 19.0 Å². The van der Waals surface area contributed by atoms with E-state index < -0.39 is 0 Å². The molecule has 1 rings (SSSR count). The molecule has 0 atom stereocenters. The number of aromatic nitrogens is 1. The van der Waals surface area contributed by atoms with Crippen molar-refractivity contribution in [2.45, 2.75) is 13.8 Å². The molecule has 1 amide bonds. The van der Waals surface area contributed by atoms with Crippen LogP contribution in [0.3, 0.4) is 0 Å². The maximum atomic E-state index is 11.9. The standard InChI is InChI=1S/C11H18N4O/c1-8(2)7-15(3)11(16)10-6-9(14-12)4-5-13-10/h4-6,8H,7,12H2,1-3H3,(H,13,14). The average Bonchev–Trinajstić information content (AvgIpc) is 2.27. The second kappa shape index (κ2) is 5.46. The highest BCUT2D eigenvalue weighted by molar-refractivity contribution is 5.92. The number of hydrogen-bond donors (Lipinski definition) is 2. The van der Waals surface area contributed by atoms with Gasteiger partial charge < -0.3 is 10.3 Å². The minimum Gasteiger partial charge on any atom is -0.340 e. The Hall–Kier alpha value is -1.62. The molecular formula is C11H18N4O. The van der Waals surface area contributed by atoms with Crippen molar-refractivity contribution in [3.63, 3.8) is 0 Å². The molecule has 5 heteroatoms. The lowest BCUT2D eigenvalue weighted by Gasteiger charge is -2.19. The van der Waals surface area contributed by atoms with Gasteiger partial charge in [-0.2, -0.15) is 0 Å². The van der Waals surface area contributed by atoms with Gasteiger partial charge in [-0.3, -0.25) is 15.6 Å². The third kappa shape index (κ3) is 3.20. The van der Waals surface area contributed by atoms with Gasteiger partial charge in [0.2, 0.25) is 0 Å². The molecule has 0 aliphatic heterocycles. The topological polar surface area (TPSA) is 71.2 Å². The number of nitrogens with one attached hydrogen (secondary N) is 1. The summed E-state index contributed by atoms with van der Waals surface area (Å²) in [4.78, 5) is 17.6. The van der Waals surface area contributed by atoms with Crippen LogP contribution in [0.5, 0.6) is 0 Å². The van der Waals surface area contributed by atoms with Crippen molar-refractivity contribution in [1.29, 1.82) is 0 Å². The Labute approximate surface area is 95.6 Å². The van der Waals surface area contributed by atoms with Crippen LogP contribution in [-0.4, -0.2) is 29.4 Å². The fourth-order valence-corrected chi connectivity index (χ4v) is 1.46. The van der Waals surface area contributed by atoms with Crippen LogP contribution in [0.25, 0.3) is 0 Å². The molecule has 0 saturated carbocycles. The smallest absolute Gasteiger partial charge is 0.272 e. The van der Waals surface area contributed by atoms with Crippen LogP contribution in [0, 0.1) is 5.92 Å². The normalized spacial score (nSPS) is 10.3. The van der Waals surface area contributed by atoms with E-state index in [4.69, 9.17) is 5.84 Å². The van der Waals surface area contributed by atoms with Crippen LogP contribution in [0.4, 0.5) is 5.69 Å². The van der Waals surface area contributed by atoms with Crippen molar-refractivity contribution in [2.24, 2.45) is 11.8 Å². The number of carbonyl (C=O) groups excluding carboxylic acids is 1. The highest BCUT2D eigenvalue weighted by Gasteiger charge is 2.14. The number of rotatable bonds is 4. The molecule has 1 aromatic heterocycles. The molecule has 5 nitrogen and oxygen atoms in total. The van der Waals surface area contributed by atoms with E-state index in [2.05, 4.69) is 24.3 Å². The highest BCUT2D eigenvalue weighted by atomic mass is 16.2. The van der Waals surface area contributed by atoms with Crippen LogP contribution in [0.15, 0.2) is 18.3 Å². The second-order valence-corrected chi connectivity index (χ2v) is 4.15. The lowest BCUT2D eigenvalue weighted by atomic mass is 10.2. The summed E-state index contributed by atoms with van der Waals surface area (Å²) >= 11 is 0. The molecule has 0 aliphatic rings. The summed E-state index contributed by atoms with van der Waals surface area (Å²) < 4.78 is 0. The van der Waals surface area contributed by atoms with Crippen LogP contribution in [-0.2, 0) is 0 Å². The van der Waals surface area contributed by atoms with E-state index in [-0.39, 0.29) is 5.91 Å².